The van der Waals surface area contributed by atoms with Crippen LogP contribution in [0.1, 0.15) is 15.9 Å². The number of Topliss-reactive ketones (excluding diaryl/α,β-unsaturated/α-hetero) is 1. The summed E-state index contributed by atoms with van der Waals surface area (Å²) in [6.07, 6.45) is -4.42. The zero-order valence-electron chi connectivity index (χ0n) is 7.84. The molecule has 0 N–H and O–H groups in total. The fraction of sp³-hybridized carbons (Fsp3) is 0.300. The maximum atomic E-state index is 12.4. The number of fused-ring (bicyclic) bond motifs is 1. The van der Waals surface area contributed by atoms with Crippen LogP contribution < -0.4 is 4.74 Å². The van der Waals surface area contributed by atoms with E-state index in [1.807, 2.05) is 0 Å². The molecule has 1 aliphatic rings. The maximum absolute atomic E-state index is 12.4. The molecule has 0 amide bonds. The van der Waals surface area contributed by atoms with Crippen molar-refractivity contribution >= 4 is 21.7 Å². The maximum Gasteiger partial charge on any atom is 0.416 e. The van der Waals surface area contributed by atoms with Crippen LogP contribution in [0, 0.1) is 0 Å². The van der Waals surface area contributed by atoms with Crippen LogP contribution >= 0.6 is 15.9 Å². The first kappa shape index (κ1) is 11.4. The largest absolute Gasteiger partial charge is 0.491 e. The molecule has 0 fully saturated rings. The third-order valence-electron chi connectivity index (χ3n) is 2.24. The summed E-state index contributed by atoms with van der Waals surface area (Å²) in [5, 5.41) is 0. The minimum atomic E-state index is -4.42. The number of carbonyl (C=O) groups is 1. The molecule has 6 heteroatoms. The molecule has 1 aromatic rings. The Bertz CT molecular complexity index is 442. The van der Waals surface area contributed by atoms with E-state index in [0.717, 1.165) is 18.2 Å². The van der Waals surface area contributed by atoms with Crippen LogP contribution in [-0.4, -0.2) is 17.2 Å². The standard InChI is InChI=1S/C10H6BrF3O2/c11-7-4-16-8-3-5(10(12,13)14)1-2-6(8)9(7)15/h1-3,7H,4H2/t7-/m1/s1. The van der Waals surface area contributed by atoms with Crippen molar-refractivity contribution in [1.29, 1.82) is 0 Å². The molecule has 0 saturated carbocycles. The van der Waals surface area contributed by atoms with Crippen LogP contribution in [-0.2, 0) is 6.18 Å². The summed E-state index contributed by atoms with van der Waals surface area (Å²) in [6.45, 7) is 0.0488. The smallest absolute Gasteiger partial charge is 0.416 e. The summed E-state index contributed by atoms with van der Waals surface area (Å²) in [5.41, 5.74) is -0.631. The molecule has 0 radical (unpaired) electrons. The number of alkyl halides is 4. The second kappa shape index (κ2) is 3.76. The van der Waals surface area contributed by atoms with Crippen molar-refractivity contribution < 1.29 is 22.7 Å². The number of hydrogen-bond donors (Lipinski definition) is 0. The van der Waals surface area contributed by atoms with Gasteiger partial charge in [-0.2, -0.15) is 13.2 Å². The van der Waals surface area contributed by atoms with Crippen LogP contribution in [0.5, 0.6) is 5.75 Å². The van der Waals surface area contributed by atoms with Gasteiger partial charge in [0.15, 0.2) is 5.78 Å². The fourth-order valence-electron chi connectivity index (χ4n) is 1.43. The second-order valence-electron chi connectivity index (χ2n) is 3.35. The summed E-state index contributed by atoms with van der Waals surface area (Å²) in [6, 6.07) is 2.88. The minimum Gasteiger partial charge on any atom is -0.491 e. The van der Waals surface area contributed by atoms with Crippen molar-refractivity contribution in [1.82, 2.24) is 0 Å². The normalized spacial score (nSPS) is 20.2. The van der Waals surface area contributed by atoms with Crippen molar-refractivity contribution in [2.45, 2.75) is 11.0 Å². The van der Waals surface area contributed by atoms with Crippen molar-refractivity contribution in [2.24, 2.45) is 0 Å². The van der Waals surface area contributed by atoms with Gasteiger partial charge in [0.1, 0.15) is 17.2 Å². The highest BCUT2D eigenvalue weighted by Gasteiger charge is 2.34. The van der Waals surface area contributed by atoms with Crippen LogP contribution in [0.4, 0.5) is 13.2 Å². The SMILES string of the molecule is O=C1c2ccc(C(F)(F)F)cc2OC[C@H]1Br. The van der Waals surface area contributed by atoms with Gasteiger partial charge in [0, 0.05) is 0 Å². The van der Waals surface area contributed by atoms with Gasteiger partial charge in [-0.25, -0.2) is 0 Å². The zero-order chi connectivity index (χ0) is 11.9. The van der Waals surface area contributed by atoms with Gasteiger partial charge < -0.3 is 4.74 Å². The van der Waals surface area contributed by atoms with E-state index in [0.29, 0.717) is 0 Å². The van der Waals surface area contributed by atoms with Crippen LogP contribution in [0.15, 0.2) is 18.2 Å². The Hall–Kier alpha value is -1.04. The molecule has 0 bridgehead atoms. The third-order valence-corrected chi connectivity index (χ3v) is 2.92. The van der Waals surface area contributed by atoms with Crippen molar-refractivity contribution in [3.8, 4) is 5.75 Å². The Morgan fingerprint density at radius 2 is 2.06 bits per heavy atom. The highest BCUT2D eigenvalue weighted by Crippen LogP contribution is 2.35. The molecule has 0 saturated heterocycles. The molecule has 0 aromatic heterocycles. The first-order chi connectivity index (χ1) is 7.39. The number of ketones is 1. The van der Waals surface area contributed by atoms with Crippen LogP contribution in [0.25, 0.3) is 0 Å². The van der Waals surface area contributed by atoms with Crippen molar-refractivity contribution in [3.05, 3.63) is 29.3 Å². The minimum absolute atomic E-state index is 0.00414. The molecule has 0 unspecified atom stereocenters. The van der Waals surface area contributed by atoms with E-state index in [2.05, 4.69) is 15.9 Å². The summed E-state index contributed by atoms with van der Waals surface area (Å²) < 4.78 is 42.2. The average molecular weight is 295 g/mol. The molecule has 1 heterocycles. The molecule has 2 nitrogen and oxygen atoms in total. The molecule has 2 rings (SSSR count). The number of ether oxygens (including phenoxy) is 1. The van der Waals surface area contributed by atoms with E-state index in [-0.39, 0.29) is 23.7 Å². The van der Waals surface area contributed by atoms with E-state index in [9.17, 15) is 18.0 Å². The number of benzene rings is 1. The zero-order valence-corrected chi connectivity index (χ0v) is 9.43. The van der Waals surface area contributed by atoms with E-state index < -0.39 is 16.6 Å². The number of hydrogen-bond acceptors (Lipinski definition) is 2. The predicted molar refractivity (Wildman–Crippen MR) is 54.0 cm³/mol. The van der Waals surface area contributed by atoms with Gasteiger partial charge >= 0.3 is 6.18 Å². The summed E-state index contributed by atoms with van der Waals surface area (Å²) in [4.78, 5) is 11.1. The Balaban J connectivity index is 2.45. The summed E-state index contributed by atoms with van der Waals surface area (Å²) >= 11 is 3.08. The lowest BCUT2D eigenvalue weighted by Crippen LogP contribution is -2.28. The number of rotatable bonds is 0. The van der Waals surface area contributed by atoms with E-state index >= 15 is 0 Å². The number of halogens is 4. The lowest BCUT2D eigenvalue weighted by molar-refractivity contribution is -0.137. The molecule has 0 spiro atoms. The Kier molecular flexibility index (Phi) is 2.69. The van der Waals surface area contributed by atoms with Gasteiger partial charge in [0.05, 0.1) is 11.1 Å². The molecule has 0 aliphatic carbocycles. The molecule has 86 valence electrons. The van der Waals surface area contributed by atoms with Crippen molar-refractivity contribution in [3.63, 3.8) is 0 Å². The predicted octanol–water partition coefficient (Wildman–Crippen LogP) is 3.04. The van der Waals surface area contributed by atoms with Gasteiger partial charge in [0.2, 0.25) is 0 Å². The fourth-order valence-corrected chi connectivity index (χ4v) is 1.81. The summed E-state index contributed by atoms with van der Waals surface area (Å²) in [5.74, 6) is -0.259. The monoisotopic (exact) mass is 294 g/mol. The van der Waals surface area contributed by atoms with E-state index in [4.69, 9.17) is 4.74 Å². The summed E-state index contributed by atoms with van der Waals surface area (Å²) in [7, 11) is 0. The molecular weight excluding hydrogens is 289 g/mol. The average Bonchev–Trinajstić information content (AvgIpc) is 2.22. The second-order valence-corrected chi connectivity index (χ2v) is 4.46. The van der Waals surface area contributed by atoms with Crippen LogP contribution in [0.3, 0.4) is 0 Å². The topological polar surface area (TPSA) is 26.3 Å². The Labute approximate surface area is 97.5 Å². The van der Waals surface area contributed by atoms with Gasteiger partial charge in [-0.3, -0.25) is 4.79 Å². The molecule has 1 aromatic carbocycles. The molecule has 1 aliphatic heterocycles. The van der Waals surface area contributed by atoms with E-state index in [1.165, 1.54) is 0 Å². The first-order valence-corrected chi connectivity index (χ1v) is 5.33. The van der Waals surface area contributed by atoms with E-state index in [1.54, 1.807) is 0 Å². The quantitative estimate of drug-likeness (QED) is 0.688. The first-order valence-electron chi connectivity index (χ1n) is 4.42. The van der Waals surface area contributed by atoms with Gasteiger partial charge in [0.25, 0.3) is 0 Å². The van der Waals surface area contributed by atoms with Gasteiger partial charge in [-0.15, -0.1) is 0 Å². The Morgan fingerprint density at radius 3 is 2.69 bits per heavy atom. The highest BCUT2D eigenvalue weighted by molar-refractivity contribution is 9.10. The lowest BCUT2D eigenvalue weighted by atomic mass is 10.0. The third kappa shape index (κ3) is 1.93. The molecule has 16 heavy (non-hydrogen) atoms. The Morgan fingerprint density at radius 1 is 1.38 bits per heavy atom. The van der Waals surface area contributed by atoms with Gasteiger partial charge in [-0.05, 0) is 18.2 Å². The highest BCUT2D eigenvalue weighted by atomic mass is 79.9. The molecular formula is C10H6BrF3O2. The van der Waals surface area contributed by atoms with Gasteiger partial charge in [-0.1, -0.05) is 15.9 Å². The van der Waals surface area contributed by atoms with Crippen LogP contribution in [0.2, 0.25) is 0 Å². The number of carbonyl (C=O) groups excluding carboxylic acids is 1. The lowest BCUT2D eigenvalue weighted by Gasteiger charge is -2.21. The molecule has 1 atom stereocenters. The van der Waals surface area contributed by atoms with Crippen molar-refractivity contribution in [2.75, 3.05) is 6.61 Å².